The zero-order chi connectivity index (χ0) is 26.6. The third kappa shape index (κ3) is 5.69. The second kappa shape index (κ2) is 11.6. The molecule has 7 heteroatoms. The summed E-state index contributed by atoms with van der Waals surface area (Å²) in [7, 11) is 0. The number of phenols is 1. The van der Waals surface area contributed by atoms with Gasteiger partial charge in [0, 0.05) is 19.5 Å². The number of likely N-dealkylation sites (tertiary alicyclic amines) is 1. The van der Waals surface area contributed by atoms with Gasteiger partial charge in [-0.25, -0.2) is 4.63 Å². The van der Waals surface area contributed by atoms with Gasteiger partial charge in [0.15, 0.2) is 0 Å². The number of alkyl halides is 1. The van der Waals surface area contributed by atoms with Gasteiger partial charge in [0.25, 0.3) is 0 Å². The molecular formula is C32H34FN3O3. The number of fused-ring (bicyclic) bond motifs is 2. The molecule has 0 unspecified atom stereocenters. The van der Waals surface area contributed by atoms with E-state index in [1.54, 1.807) is 6.07 Å². The van der Waals surface area contributed by atoms with Crippen molar-refractivity contribution in [2.45, 2.75) is 51.0 Å². The first-order valence-corrected chi connectivity index (χ1v) is 14.0. The number of aromatic nitrogens is 2. The molecule has 1 aliphatic heterocycles. The molecule has 1 saturated heterocycles. The van der Waals surface area contributed by atoms with Crippen LogP contribution in [-0.2, 0) is 11.2 Å². The Morgan fingerprint density at radius 2 is 1.97 bits per heavy atom. The van der Waals surface area contributed by atoms with Gasteiger partial charge < -0.3 is 9.84 Å². The minimum atomic E-state index is -0.268. The lowest BCUT2D eigenvalue weighted by atomic mass is 9.87. The fourth-order valence-electron chi connectivity index (χ4n) is 6.03. The number of ether oxygens (including phenoxy) is 1. The number of hydrogen-bond acceptors (Lipinski definition) is 6. The largest absolute Gasteiger partial charge is 0.508 e. The van der Waals surface area contributed by atoms with Crippen molar-refractivity contribution in [3.05, 3.63) is 88.7 Å². The van der Waals surface area contributed by atoms with Gasteiger partial charge in [-0.15, -0.1) is 0 Å². The van der Waals surface area contributed by atoms with E-state index in [1.165, 1.54) is 11.1 Å². The predicted molar refractivity (Wildman–Crippen MR) is 151 cm³/mol. The molecule has 3 aliphatic rings. The molecule has 2 aliphatic carbocycles. The van der Waals surface area contributed by atoms with E-state index in [1.807, 2.05) is 18.2 Å². The molecule has 2 aromatic carbocycles. The fourth-order valence-corrected chi connectivity index (χ4v) is 6.03. The first kappa shape index (κ1) is 25.6. The van der Waals surface area contributed by atoms with E-state index >= 15 is 0 Å². The summed E-state index contributed by atoms with van der Waals surface area (Å²) in [5.41, 5.74) is 8.40. The molecule has 2 heterocycles. The van der Waals surface area contributed by atoms with Gasteiger partial charge in [0.1, 0.15) is 28.6 Å². The molecule has 3 aromatic rings. The number of nitrogens with zero attached hydrogens (tertiary/aromatic N) is 3. The highest BCUT2D eigenvalue weighted by atomic mass is 19.1. The summed E-state index contributed by atoms with van der Waals surface area (Å²) in [6, 6.07) is 11.8. The van der Waals surface area contributed by atoms with Gasteiger partial charge in [0.05, 0.1) is 6.67 Å². The number of phenolic OH excluding ortho intramolecular Hbond substituents is 1. The van der Waals surface area contributed by atoms with Crippen LogP contribution in [0.1, 0.15) is 55.2 Å². The Morgan fingerprint density at radius 1 is 1.05 bits per heavy atom. The van der Waals surface area contributed by atoms with Crippen LogP contribution in [0.15, 0.2) is 76.7 Å². The predicted octanol–water partition coefficient (Wildman–Crippen LogP) is 6.79. The third-order valence-corrected chi connectivity index (χ3v) is 7.88. The van der Waals surface area contributed by atoms with Crippen molar-refractivity contribution in [1.82, 2.24) is 15.2 Å². The quantitative estimate of drug-likeness (QED) is 0.365. The second-order valence-electron chi connectivity index (χ2n) is 10.6. The Bertz CT molecular complexity index is 1470. The van der Waals surface area contributed by atoms with Crippen molar-refractivity contribution in [3.63, 3.8) is 0 Å². The Hall–Kier alpha value is -3.71. The molecule has 1 fully saturated rings. The van der Waals surface area contributed by atoms with Crippen molar-refractivity contribution < 1.29 is 18.9 Å². The average Bonchev–Trinajstić information content (AvgIpc) is 3.19. The van der Waals surface area contributed by atoms with Crippen LogP contribution in [0.3, 0.4) is 0 Å². The number of rotatable bonds is 7. The van der Waals surface area contributed by atoms with Gasteiger partial charge in [-0.1, -0.05) is 30.4 Å². The fraction of sp³-hybridized carbons (Fsp3) is 0.375. The van der Waals surface area contributed by atoms with E-state index in [9.17, 15) is 9.50 Å². The van der Waals surface area contributed by atoms with E-state index in [4.69, 9.17) is 9.37 Å². The van der Waals surface area contributed by atoms with Crippen LogP contribution in [0.2, 0.25) is 0 Å². The van der Waals surface area contributed by atoms with Gasteiger partial charge in [-0.3, -0.25) is 9.29 Å². The van der Waals surface area contributed by atoms with Crippen molar-refractivity contribution >= 4 is 22.2 Å². The first-order valence-electron chi connectivity index (χ1n) is 14.0. The van der Waals surface area contributed by atoms with Crippen molar-refractivity contribution in [3.8, 4) is 5.75 Å². The number of halogens is 1. The van der Waals surface area contributed by atoms with Crippen LogP contribution in [0, 0.1) is 0 Å². The first-order chi connectivity index (χ1) is 19.2. The van der Waals surface area contributed by atoms with E-state index in [-0.39, 0.29) is 12.8 Å². The molecule has 1 aromatic heterocycles. The Labute approximate surface area is 228 Å². The summed E-state index contributed by atoms with van der Waals surface area (Å²) < 4.78 is 24.1. The van der Waals surface area contributed by atoms with Crippen LogP contribution < -0.4 is 0 Å². The average molecular weight is 528 g/mol. The Balaban J connectivity index is 1.36. The summed E-state index contributed by atoms with van der Waals surface area (Å²) >= 11 is 0. The summed E-state index contributed by atoms with van der Waals surface area (Å²) in [5.74, 6) is 1.25. The molecule has 39 heavy (non-hydrogen) atoms. The lowest BCUT2D eigenvalue weighted by Crippen LogP contribution is -2.40. The molecule has 0 saturated carbocycles. The van der Waals surface area contributed by atoms with Crippen LogP contribution >= 0.6 is 0 Å². The highest BCUT2D eigenvalue weighted by molar-refractivity contribution is 6.02. The maximum Gasteiger partial charge on any atom is 0.135 e. The minimum Gasteiger partial charge on any atom is -0.508 e. The van der Waals surface area contributed by atoms with E-state index < -0.39 is 0 Å². The third-order valence-electron chi connectivity index (χ3n) is 7.88. The van der Waals surface area contributed by atoms with Crippen molar-refractivity contribution in [2.75, 3.05) is 26.3 Å². The molecule has 6 nitrogen and oxygen atoms in total. The number of benzene rings is 2. The number of aromatic hydroxyl groups is 1. The normalized spacial score (nSPS) is 20.3. The standard InChI is InChI=1S/C32H34FN3O3/c33-16-4-18-36-17-3-8-27(21-36)38-26-7-1-5-22(10-13-26)32-28(24-11-15-30-31(20-24)35-39-34-30)9-2-6-23-19-25(37)12-14-29(23)32/h1,5,10-15,19-20,27,37H,2-4,6-9,16-18,21H2/t27-/m0/s1. The van der Waals surface area contributed by atoms with E-state index in [0.29, 0.717) is 12.2 Å². The number of allylic oxidation sites excluding steroid dienone is 7. The summed E-state index contributed by atoms with van der Waals surface area (Å²) in [4.78, 5) is 2.32. The summed E-state index contributed by atoms with van der Waals surface area (Å²) in [6.45, 7) is 2.39. The van der Waals surface area contributed by atoms with Crippen LogP contribution in [0.4, 0.5) is 4.39 Å². The van der Waals surface area contributed by atoms with Gasteiger partial charge in [-0.2, -0.15) is 0 Å². The smallest absolute Gasteiger partial charge is 0.135 e. The highest BCUT2D eigenvalue weighted by Gasteiger charge is 2.24. The molecule has 202 valence electrons. The SMILES string of the molecule is Oc1ccc2c(c1)CCCC(c1ccc3nonc3c1)=C2C1=CC=C(O[C@H]2CCCN(CCCF)C2)CC=C1. The topological polar surface area (TPSA) is 71.6 Å². The zero-order valence-electron chi connectivity index (χ0n) is 22.1. The Kier molecular flexibility index (Phi) is 7.59. The number of hydrogen-bond donors (Lipinski definition) is 1. The van der Waals surface area contributed by atoms with Gasteiger partial charge in [0.2, 0.25) is 0 Å². The van der Waals surface area contributed by atoms with Crippen LogP contribution in [-0.4, -0.2) is 52.7 Å². The molecule has 1 atom stereocenters. The maximum absolute atomic E-state index is 12.7. The van der Waals surface area contributed by atoms with Crippen LogP contribution in [0.5, 0.6) is 5.75 Å². The molecule has 0 radical (unpaired) electrons. The summed E-state index contributed by atoms with van der Waals surface area (Å²) in [6.07, 6.45) is 14.9. The highest BCUT2D eigenvalue weighted by Crippen LogP contribution is 2.42. The van der Waals surface area contributed by atoms with Gasteiger partial charge in [-0.05, 0) is 119 Å². The molecule has 1 N–H and O–H groups in total. The van der Waals surface area contributed by atoms with E-state index in [0.717, 1.165) is 97.2 Å². The second-order valence-corrected chi connectivity index (χ2v) is 10.6. The zero-order valence-corrected chi connectivity index (χ0v) is 22.1. The molecular weight excluding hydrogens is 493 g/mol. The molecule has 0 amide bonds. The van der Waals surface area contributed by atoms with Crippen LogP contribution in [0.25, 0.3) is 22.2 Å². The maximum atomic E-state index is 12.7. The van der Waals surface area contributed by atoms with Gasteiger partial charge >= 0.3 is 0 Å². The molecule has 0 bridgehead atoms. The minimum absolute atomic E-state index is 0.132. The monoisotopic (exact) mass is 527 g/mol. The van der Waals surface area contributed by atoms with Crippen molar-refractivity contribution in [2.24, 2.45) is 0 Å². The number of aryl methyl sites for hydroxylation is 1. The summed E-state index contributed by atoms with van der Waals surface area (Å²) in [5, 5.41) is 18.3. The molecule has 0 spiro atoms. The van der Waals surface area contributed by atoms with Crippen molar-refractivity contribution in [1.29, 1.82) is 0 Å². The Morgan fingerprint density at radius 3 is 2.90 bits per heavy atom. The number of piperidine rings is 1. The lowest BCUT2D eigenvalue weighted by Gasteiger charge is -2.33. The van der Waals surface area contributed by atoms with E-state index in [2.05, 4.69) is 51.7 Å². The lowest BCUT2D eigenvalue weighted by molar-refractivity contribution is 0.0375. The molecule has 6 rings (SSSR count).